The fourth-order valence-corrected chi connectivity index (χ4v) is 3.17. The second-order valence-corrected chi connectivity index (χ2v) is 7.62. The zero-order chi connectivity index (χ0) is 16.4. The van der Waals surface area contributed by atoms with Crippen LogP contribution < -0.4 is 9.62 Å². The van der Waals surface area contributed by atoms with Crippen LogP contribution in [0.25, 0.3) is 0 Å². The lowest BCUT2D eigenvalue weighted by Gasteiger charge is -2.29. The summed E-state index contributed by atoms with van der Waals surface area (Å²) < 4.78 is 27.2. The Bertz CT molecular complexity index is 788. The Labute approximate surface area is 136 Å². The summed E-state index contributed by atoms with van der Waals surface area (Å²) in [6.45, 7) is 1.73. The lowest BCUT2D eigenvalue weighted by Crippen LogP contribution is -2.31. The first-order valence-corrected chi connectivity index (χ1v) is 8.88. The van der Waals surface area contributed by atoms with E-state index in [0.29, 0.717) is 5.69 Å². The van der Waals surface area contributed by atoms with Gasteiger partial charge in [-0.3, -0.25) is 4.72 Å². The van der Waals surface area contributed by atoms with Gasteiger partial charge in [-0.25, -0.2) is 4.98 Å². The molecule has 0 radical (unpaired) electrons. The van der Waals surface area contributed by atoms with E-state index in [1.165, 1.54) is 25.2 Å². The molecule has 23 heavy (non-hydrogen) atoms. The highest BCUT2D eigenvalue weighted by molar-refractivity contribution is 7.90. The van der Waals surface area contributed by atoms with E-state index in [1.54, 1.807) is 12.3 Å². The van der Waals surface area contributed by atoms with E-state index in [-0.39, 0.29) is 0 Å². The molecule has 1 aromatic heterocycles. The van der Waals surface area contributed by atoms with Crippen molar-refractivity contribution >= 4 is 21.7 Å². The third kappa shape index (κ3) is 3.46. The Morgan fingerprint density at radius 1 is 1.13 bits per heavy atom. The number of pyridine rings is 1. The molecule has 0 fully saturated rings. The van der Waals surface area contributed by atoms with Gasteiger partial charge in [-0.1, -0.05) is 24.3 Å². The van der Waals surface area contributed by atoms with Gasteiger partial charge in [0.25, 0.3) is 0 Å². The molecule has 3 rings (SSSR count). The molecule has 6 nitrogen and oxygen atoms in total. The van der Waals surface area contributed by atoms with Gasteiger partial charge in [0, 0.05) is 27.2 Å². The minimum absolute atomic E-state index is 0.458. The quantitative estimate of drug-likeness (QED) is 0.928. The molecular formula is C16H20N4O2S. The zero-order valence-electron chi connectivity index (χ0n) is 13.2. The first-order valence-electron chi connectivity index (χ1n) is 7.44. The van der Waals surface area contributed by atoms with Crippen molar-refractivity contribution in [1.82, 2.24) is 9.29 Å². The van der Waals surface area contributed by atoms with Crippen LogP contribution in [-0.4, -0.2) is 38.3 Å². The number of rotatable bonds is 4. The van der Waals surface area contributed by atoms with Crippen LogP contribution >= 0.6 is 0 Å². The maximum atomic E-state index is 11.8. The topological polar surface area (TPSA) is 65.5 Å². The van der Waals surface area contributed by atoms with Crippen molar-refractivity contribution in [1.29, 1.82) is 0 Å². The van der Waals surface area contributed by atoms with Crippen LogP contribution in [0.3, 0.4) is 0 Å². The predicted molar refractivity (Wildman–Crippen MR) is 91.7 cm³/mol. The summed E-state index contributed by atoms with van der Waals surface area (Å²) in [6.07, 6.45) is 2.55. The van der Waals surface area contributed by atoms with Gasteiger partial charge in [-0.15, -0.1) is 0 Å². The Balaban J connectivity index is 1.74. The number of fused-ring (bicyclic) bond motifs is 1. The SMILES string of the molecule is CN(C)S(=O)(=O)Nc1ccc(N2CCc3ccccc3C2)nc1. The standard InChI is InChI=1S/C16H20N4O2S/c1-19(2)23(21,22)18-15-7-8-16(17-11-15)20-10-9-13-5-3-4-6-14(13)12-20/h3-8,11,18H,9-10,12H2,1-2H3. The Kier molecular flexibility index (Phi) is 4.23. The molecular weight excluding hydrogens is 312 g/mol. The largest absolute Gasteiger partial charge is 0.352 e. The van der Waals surface area contributed by atoms with E-state index in [0.717, 1.165) is 29.6 Å². The molecule has 0 spiro atoms. The smallest absolute Gasteiger partial charge is 0.301 e. The lowest BCUT2D eigenvalue weighted by atomic mass is 10.00. The molecule has 2 aromatic rings. The van der Waals surface area contributed by atoms with Crippen LogP contribution in [0.5, 0.6) is 0 Å². The number of hydrogen-bond donors (Lipinski definition) is 1. The molecule has 0 aliphatic carbocycles. The number of nitrogens with zero attached hydrogens (tertiary/aromatic N) is 3. The second-order valence-electron chi connectivity index (χ2n) is 5.73. The first kappa shape index (κ1) is 15.8. The van der Waals surface area contributed by atoms with Crippen molar-refractivity contribution in [3.8, 4) is 0 Å². The molecule has 0 atom stereocenters. The number of hydrogen-bond acceptors (Lipinski definition) is 4. The summed E-state index contributed by atoms with van der Waals surface area (Å²) >= 11 is 0. The van der Waals surface area contributed by atoms with Crippen LogP contribution in [0.15, 0.2) is 42.6 Å². The predicted octanol–water partition coefficient (Wildman–Crippen LogP) is 1.86. The number of anilines is 2. The van der Waals surface area contributed by atoms with Gasteiger partial charge in [0.05, 0.1) is 11.9 Å². The summed E-state index contributed by atoms with van der Waals surface area (Å²) in [4.78, 5) is 6.60. The second kappa shape index (κ2) is 6.17. The lowest BCUT2D eigenvalue weighted by molar-refractivity contribution is 0.527. The molecule has 0 unspecified atom stereocenters. The third-order valence-electron chi connectivity index (χ3n) is 3.93. The molecule has 1 N–H and O–H groups in total. The van der Waals surface area contributed by atoms with Crippen molar-refractivity contribution in [2.45, 2.75) is 13.0 Å². The van der Waals surface area contributed by atoms with Gasteiger partial charge < -0.3 is 4.90 Å². The van der Waals surface area contributed by atoms with Crippen molar-refractivity contribution in [3.05, 3.63) is 53.7 Å². The third-order valence-corrected chi connectivity index (χ3v) is 5.39. The molecule has 0 amide bonds. The van der Waals surface area contributed by atoms with Crippen LogP contribution in [0.1, 0.15) is 11.1 Å². The molecule has 0 bridgehead atoms. The highest BCUT2D eigenvalue weighted by Crippen LogP contribution is 2.23. The van der Waals surface area contributed by atoms with Crippen LogP contribution in [0.2, 0.25) is 0 Å². The molecule has 7 heteroatoms. The minimum Gasteiger partial charge on any atom is -0.352 e. The molecule has 0 saturated heterocycles. The summed E-state index contributed by atoms with van der Waals surface area (Å²) in [6, 6.07) is 12.0. The maximum Gasteiger partial charge on any atom is 0.301 e. The Morgan fingerprint density at radius 2 is 1.87 bits per heavy atom. The fraction of sp³-hybridized carbons (Fsp3) is 0.312. The summed E-state index contributed by atoms with van der Waals surface area (Å²) in [7, 11) is -0.536. The van der Waals surface area contributed by atoms with E-state index in [9.17, 15) is 8.42 Å². The average Bonchev–Trinajstić information content (AvgIpc) is 2.54. The Morgan fingerprint density at radius 3 is 2.52 bits per heavy atom. The van der Waals surface area contributed by atoms with E-state index < -0.39 is 10.2 Å². The van der Waals surface area contributed by atoms with E-state index in [1.807, 2.05) is 6.07 Å². The van der Waals surface area contributed by atoms with Gasteiger partial charge in [0.15, 0.2) is 0 Å². The number of nitrogens with one attached hydrogen (secondary N) is 1. The average molecular weight is 332 g/mol. The summed E-state index contributed by atoms with van der Waals surface area (Å²) in [5.41, 5.74) is 3.16. The molecule has 1 aromatic carbocycles. The molecule has 1 aliphatic rings. The van der Waals surface area contributed by atoms with Crippen LogP contribution in [0.4, 0.5) is 11.5 Å². The highest BCUT2D eigenvalue weighted by Gasteiger charge is 2.17. The maximum absolute atomic E-state index is 11.8. The van der Waals surface area contributed by atoms with Gasteiger partial charge in [-0.2, -0.15) is 12.7 Å². The Hall–Kier alpha value is -2.12. The fourth-order valence-electron chi connectivity index (χ4n) is 2.56. The normalized spacial score (nSPS) is 14.7. The van der Waals surface area contributed by atoms with Gasteiger partial charge in [0.1, 0.15) is 5.82 Å². The number of benzene rings is 1. The van der Waals surface area contributed by atoms with Crippen molar-refractivity contribution < 1.29 is 8.42 Å². The van der Waals surface area contributed by atoms with E-state index in [2.05, 4.69) is 38.9 Å². The highest BCUT2D eigenvalue weighted by atomic mass is 32.2. The molecule has 2 heterocycles. The van der Waals surface area contributed by atoms with Gasteiger partial charge >= 0.3 is 10.2 Å². The summed E-state index contributed by atoms with van der Waals surface area (Å²) in [5.74, 6) is 0.854. The van der Waals surface area contributed by atoms with Crippen LogP contribution in [0, 0.1) is 0 Å². The summed E-state index contributed by atoms with van der Waals surface area (Å²) in [5, 5.41) is 0. The van der Waals surface area contributed by atoms with E-state index >= 15 is 0 Å². The molecule has 0 saturated carbocycles. The van der Waals surface area contributed by atoms with Crippen molar-refractivity contribution in [2.75, 3.05) is 30.3 Å². The number of aromatic nitrogens is 1. The van der Waals surface area contributed by atoms with Crippen molar-refractivity contribution in [3.63, 3.8) is 0 Å². The van der Waals surface area contributed by atoms with E-state index in [4.69, 9.17) is 0 Å². The minimum atomic E-state index is -3.50. The van der Waals surface area contributed by atoms with Crippen LogP contribution in [-0.2, 0) is 23.2 Å². The molecule has 1 aliphatic heterocycles. The monoisotopic (exact) mass is 332 g/mol. The molecule has 122 valence electrons. The first-order chi connectivity index (χ1) is 11.0. The van der Waals surface area contributed by atoms with Crippen molar-refractivity contribution in [2.24, 2.45) is 0 Å². The van der Waals surface area contributed by atoms with Gasteiger partial charge in [-0.05, 0) is 29.7 Å². The van der Waals surface area contributed by atoms with Gasteiger partial charge in [0.2, 0.25) is 0 Å². The zero-order valence-corrected chi connectivity index (χ0v) is 14.0.